The molecule has 0 aliphatic rings. The summed E-state index contributed by atoms with van der Waals surface area (Å²) < 4.78 is 7.61. The van der Waals surface area contributed by atoms with Gasteiger partial charge in [-0.3, -0.25) is 0 Å². The summed E-state index contributed by atoms with van der Waals surface area (Å²) in [5.41, 5.74) is 1.19. The molecule has 0 saturated carbocycles. The summed E-state index contributed by atoms with van der Waals surface area (Å²) in [6.07, 6.45) is 3.68. The van der Waals surface area contributed by atoms with E-state index in [4.69, 9.17) is 16.3 Å². The fraction of sp³-hybridized carbons (Fsp3) is 0.308. The molecule has 90 valence electrons. The fourth-order valence-corrected chi connectivity index (χ4v) is 1.82. The fourth-order valence-electron chi connectivity index (χ4n) is 1.60. The molecule has 0 saturated heterocycles. The van der Waals surface area contributed by atoms with Crippen molar-refractivity contribution in [1.82, 2.24) is 9.55 Å². The molecule has 0 aliphatic carbocycles. The summed E-state index contributed by atoms with van der Waals surface area (Å²) >= 11 is 5.76. The zero-order chi connectivity index (χ0) is 11.9. The average Bonchev–Trinajstić information content (AvgIpc) is 2.83. The maximum atomic E-state index is 5.76. The van der Waals surface area contributed by atoms with E-state index < -0.39 is 0 Å². The largest absolute Gasteiger partial charge is 0.375 e. The van der Waals surface area contributed by atoms with Gasteiger partial charge in [0.2, 0.25) is 0 Å². The van der Waals surface area contributed by atoms with Crippen LogP contribution in [0.1, 0.15) is 11.4 Å². The Kier molecular flexibility index (Phi) is 4.59. The first-order valence-corrected chi connectivity index (χ1v) is 6.11. The Labute approximate surface area is 106 Å². The minimum Gasteiger partial charge on any atom is -0.375 e. The molecule has 1 heterocycles. The van der Waals surface area contributed by atoms with Gasteiger partial charge >= 0.3 is 0 Å². The molecule has 0 atom stereocenters. The number of rotatable bonds is 6. The van der Waals surface area contributed by atoms with Crippen LogP contribution < -0.4 is 0 Å². The number of aromatic nitrogens is 2. The monoisotopic (exact) mass is 250 g/mol. The lowest BCUT2D eigenvalue weighted by Gasteiger charge is -2.07. The van der Waals surface area contributed by atoms with Gasteiger partial charge in [0, 0.05) is 18.9 Å². The van der Waals surface area contributed by atoms with Crippen molar-refractivity contribution < 1.29 is 4.74 Å². The highest BCUT2D eigenvalue weighted by Crippen LogP contribution is 2.03. The van der Waals surface area contributed by atoms with Gasteiger partial charge in [-0.2, -0.15) is 0 Å². The van der Waals surface area contributed by atoms with Crippen molar-refractivity contribution in [2.75, 3.05) is 6.61 Å². The van der Waals surface area contributed by atoms with Gasteiger partial charge in [-0.1, -0.05) is 30.3 Å². The third-order valence-corrected chi connectivity index (χ3v) is 2.75. The third kappa shape index (κ3) is 3.58. The van der Waals surface area contributed by atoms with Crippen LogP contribution in [-0.4, -0.2) is 16.2 Å². The molecular weight excluding hydrogens is 236 g/mol. The maximum Gasteiger partial charge on any atom is 0.123 e. The number of alkyl halides is 1. The number of hydrogen-bond acceptors (Lipinski definition) is 2. The molecular formula is C13H15ClN2O. The molecule has 0 fully saturated rings. The molecule has 1 aromatic carbocycles. The van der Waals surface area contributed by atoms with Crippen molar-refractivity contribution in [3.05, 3.63) is 54.1 Å². The van der Waals surface area contributed by atoms with Gasteiger partial charge in [-0.05, 0) is 5.56 Å². The Morgan fingerprint density at radius 3 is 2.82 bits per heavy atom. The summed E-state index contributed by atoms with van der Waals surface area (Å²) in [5.74, 6) is 1.32. The zero-order valence-electron chi connectivity index (χ0n) is 9.55. The molecule has 2 aromatic rings. The first-order valence-electron chi connectivity index (χ1n) is 5.58. The maximum absolute atomic E-state index is 5.76. The second-order valence-electron chi connectivity index (χ2n) is 3.71. The first-order chi connectivity index (χ1) is 8.40. The van der Waals surface area contributed by atoms with E-state index in [1.54, 1.807) is 6.20 Å². The molecule has 0 N–H and O–H groups in total. The Morgan fingerprint density at radius 2 is 2.06 bits per heavy atom. The third-order valence-electron chi connectivity index (χ3n) is 2.51. The smallest absolute Gasteiger partial charge is 0.123 e. The van der Waals surface area contributed by atoms with Crippen LogP contribution in [0.5, 0.6) is 0 Å². The van der Waals surface area contributed by atoms with Gasteiger partial charge in [0.15, 0.2) is 0 Å². The zero-order valence-corrected chi connectivity index (χ0v) is 10.3. The van der Waals surface area contributed by atoms with E-state index in [0.717, 1.165) is 12.4 Å². The van der Waals surface area contributed by atoms with E-state index in [1.165, 1.54) is 5.56 Å². The van der Waals surface area contributed by atoms with Gasteiger partial charge < -0.3 is 9.30 Å². The molecule has 0 spiro atoms. The van der Waals surface area contributed by atoms with E-state index in [-0.39, 0.29) is 0 Å². The molecule has 0 unspecified atom stereocenters. The topological polar surface area (TPSA) is 27.1 Å². The lowest BCUT2D eigenvalue weighted by Crippen LogP contribution is -2.07. The Hall–Kier alpha value is -1.32. The highest BCUT2D eigenvalue weighted by molar-refractivity contribution is 6.16. The van der Waals surface area contributed by atoms with Crippen LogP contribution in [-0.2, 0) is 23.8 Å². The molecule has 1 aromatic heterocycles. The molecule has 0 amide bonds. The Balaban J connectivity index is 1.73. The highest BCUT2D eigenvalue weighted by Gasteiger charge is 2.00. The molecule has 17 heavy (non-hydrogen) atoms. The van der Waals surface area contributed by atoms with Gasteiger partial charge in [-0.15, -0.1) is 11.6 Å². The van der Waals surface area contributed by atoms with E-state index >= 15 is 0 Å². The minimum atomic E-state index is 0.436. The Bertz CT molecular complexity index is 442. The average molecular weight is 251 g/mol. The van der Waals surface area contributed by atoms with Gasteiger partial charge in [0.1, 0.15) is 5.82 Å². The van der Waals surface area contributed by atoms with Crippen molar-refractivity contribution in [1.29, 1.82) is 0 Å². The van der Waals surface area contributed by atoms with E-state index in [1.807, 2.05) is 29.0 Å². The molecule has 0 aliphatic heterocycles. The quantitative estimate of drug-likeness (QED) is 0.582. The summed E-state index contributed by atoms with van der Waals surface area (Å²) in [4.78, 5) is 4.15. The van der Waals surface area contributed by atoms with Crippen molar-refractivity contribution in [3.8, 4) is 0 Å². The van der Waals surface area contributed by atoms with E-state index in [2.05, 4.69) is 17.1 Å². The van der Waals surface area contributed by atoms with Crippen molar-refractivity contribution >= 4 is 11.6 Å². The summed E-state index contributed by atoms with van der Waals surface area (Å²) in [6, 6.07) is 10.1. The summed E-state index contributed by atoms with van der Waals surface area (Å²) in [7, 11) is 0. The van der Waals surface area contributed by atoms with Crippen LogP contribution in [0.15, 0.2) is 42.7 Å². The van der Waals surface area contributed by atoms with Crippen LogP contribution in [0, 0.1) is 0 Å². The predicted octanol–water partition coefficient (Wildman–Crippen LogP) is 2.84. The predicted molar refractivity (Wildman–Crippen MR) is 67.9 cm³/mol. The number of benzene rings is 1. The van der Waals surface area contributed by atoms with Gasteiger partial charge in [0.05, 0.1) is 19.1 Å². The van der Waals surface area contributed by atoms with Crippen LogP contribution in [0.3, 0.4) is 0 Å². The second-order valence-corrected chi connectivity index (χ2v) is 3.98. The molecule has 3 nitrogen and oxygen atoms in total. The number of hydrogen-bond donors (Lipinski definition) is 0. The van der Waals surface area contributed by atoms with E-state index in [9.17, 15) is 0 Å². The highest BCUT2D eigenvalue weighted by atomic mass is 35.5. The summed E-state index contributed by atoms with van der Waals surface area (Å²) in [6.45, 7) is 2.09. The molecule has 0 bridgehead atoms. The number of ether oxygens (including phenoxy) is 1. The molecule has 4 heteroatoms. The number of nitrogens with zero attached hydrogens (tertiary/aromatic N) is 2. The minimum absolute atomic E-state index is 0.436. The standard InChI is InChI=1S/C13H15ClN2O/c14-10-13-15-6-7-16(13)8-9-17-11-12-4-2-1-3-5-12/h1-7H,8-11H2. The van der Waals surface area contributed by atoms with Crippen LogP contribution in [0.2, 0.25) is 0 Å². The molecule has 0 radical (unpaired) electrons. The van der Waals surface area contributed by atoms with Gasteiger partial charge in [0.25, 0.3) is 0 Å². The Morgan fingerprint density at radius 1 is 1.24 bits per heavy atom. The summed E-state index contributed by atoms with van der Waals surface area (Å²) in [5, 5.41) is 0. The first kappa shape index (κ1) is 12.1. The van der Waals surface area contributed by atoms with Crippen LogP contribution in [0.4, 0.5) is 0 Å². The lowest BCUT2D eigenvalue weighted by atomic mass is 10.2. The second kappa shape index (κ2) is 6.42. The number of imidazole rings is 1. The SMILES string of the molecule is ClCc1nccn1CCOCc1ccccc1. The van der Waals surface area contributed by atoms with E-state index in [0.29, 0.717) is 19.1 Å². The molecule has 2 rings (SSSR count). The van der Waals surface area contributed by atoms with Gasteiger partial charge in [-0.25, -0.2) is 4.98 Å². The van der Waals surface area contributed by atoms with Crippen molar-refractivity contribution in [2.24, 2.45) is 0 Å². The van der Waals surface area contributed by atoms with Crippen molar-refractivity contribution in [3.63, 3.8) is 0 Å². The number of halogens is 1. The lowest BCUT2D eigenvalue weighted by molar-refractivity contribution is 0.112. The van der Waals surface area contributed by atoms with Crippen molar-refractivity contribution in [2.45, 2.75) is 19.0 Å². The normalized spacial score (nSPS) is 10.6. The van der Waals surface area contributed by atoms with Crippen LogP contribution >= 0.6 is 11.6 Å². The van der Waals surface area contributed by atoms with Crippen LogP contribution in [0.25, 0.3) is 0 Å².